The van der Waals surface area contributed by atoms with E-state index in [1.165, 1.54) is 13.3 Å². The van der Waals surface area contributed by atoms with Gasteiger partial charge in [0.2, 0.25) is 0 Å². The second kappa shape index (κ2) is 6.84. The Morgan fingerprint density at radius 1 is 1.23 bits per heavy atom. The molecule has 3 rings (SSSR count). The molecule has 0 fully saturated rings. The first-order chi connectivity index (χ1) is 12.3. The van der Waals surface area contributed by atoms with E-state index in [1.807, 2.05) is 32.0 Å². The highest BCUT2D eigenvalue weighted by molar-refractivity contribution is 6.32. The van der Waals surface area contributed by atoms with Gasteiger partial charge in [-0.1, -0.05) is 31.5 Å². The molecule has 134 valence electrons. The van der Waals surface area contributed by atoms with Gasteiger partial charge in [0.1, 0.15) is 0 Å². The molecule has 26 heavy (non-hydrogen) atoms. The monoisotopic (exact) mass is 370 g/mol. The van der Waals surface area contributed by atoms with Crippen LogP contribution in [0, 0.1) is 5.92 Å². The van der Waals surface area contributed by atoms with Crippen LogP contribution in [-0.4, -0.2) is 23.0 Å². The Morgan fingerprint density at radius 3 is 2.62 bits per heavy atom. The minimum Gasteiger partial charge on any atom is -0.503 e. The topological polar surface area (TPSA) is 85.4 Å². The van der Waals surface area contributed by atoms with E-state index in [1.54, 1.807) is 12.1 Å². The molecule has 2 aromatic carbocycles. The molecule has 0 saturated carbocycles. The van der Waals surface area contributed by atoms with Crippen molar-refractivity contribution in [3.8, 4) is 22.6 Å². The number of phenolic OH excluding ortho intramolecular Hbond substituents is 1. The molecule has 3 N–H and O–H groups in total. The van der Waals surface area contributed by atoms with Crippen LogP contribution in [0.4, 0.5) is 5.69 Å². The third-order valence-electron chi connectivity index (χ3n) is 4.28. The molecular weight excluding hydrogens is 352 g/mol. The van der Waals surface area contributed by atoms with E-state index in [0.717, 1.165) is 11.1 Å². The molecule has 0 aliphatic rings. The zero-order valence-corrected chi connectivity index (χ0v) is 15.5. The number of methoxy groups -OCH3 is 1. The number of anilines is 1. The number of carbonyl (C=O) groups excluding carboxylic acids is 1. The maximum Gasteiger partial charge on any atom is 0.176 e. The molecule has 0 saturated heterocycles. The molecule has 0 spiro atoms. The molecule has 0 radical (unpaired) electrons. The molecule has 0 aliphatic carbocycles. The fourth-order valence-corrected chi connectivity index (χ4v) is 3.01. The largest absolute Gasteiger partial charge is 0.503 e. The molecule has 0 aliphatic heterocycles. The highest BCUT2D eigenvalue weighted by Crippen LogP contribution is 2.39. The number of nitrogen functional groups attached to an aromatic ring is 1. The van der Waals surface area contributed by atoms with E-state index in [9.17, 15) is 9.90 Å². The fourth-order valence-electron chi connectivity index (χ4n) is 2.80. The number of nitrogens with two attached hydrogens (primary N) is 1. The Labute approximate surface area is 156 Å². The van der Waals surface area contributed by atoms with Crippen LogP contribution in [0.1, 0.15) is 24.2 Å². The van der Waals surface area contributed by atoms with Gasteiger partial charge >= 0.3 is 0 Å². The highest BCUT2D eigenvalue weighted by Gasteiger charge is 2.17. The van der Waals surface area contributed by atoms with Gasteiger partial charge in [0.25, 0.3) is 0 Å². The summed E-state index contributed by atoms with van der Waals surface area (Å²) in [6, 6.07) is 8.90. The lowest BCUT2D eigenvalue weighted by Gasteiger charge is -2.12. The van der Waals surface area contributed by atoms with Gasteiger partial charge in [0.15, 0.2) is 17.3 Å². The Bertz CT molecular complexity index is 1020. The fraction of sp³-hybridized carbons (Fsp3) is 0.200. The van der Waals surface area contributed by atoms with Crippen molar-refractivity contribution in [3.05, 3.63) is 47.1 Å². The van der Waals surface area contributed by atoms with Crippen LogP contribution < -0.4 is 10.5 Å². The molecule has 0 amide bonds. The summed E-state index contributed by atoms with van der Waals surface area (Å²) in [6.07, 6.45) is 1.53. The second-order valence-electron chi connectivity index (χ2n) is 6.35. The molecule has 3 aromatic rings. The number of ketones is 1. The van der Waals surface area contributed by atoms with Crippen molar-refractivity contribution < 1.29 is 14.6 Å². The van der Waals surface area contributed by atoms with Gasteiger partial charge in [-0.2, -0.15) is 0 Å². The number of halogens is 1. The number of benzene rings is 2. The summed E-state index contributed by atoms with van der Waals surface area (Å²) in [5, 5.41) is 10.8. The number of carbonyl (C=O) groups is 1. The van der Waals surface area contributed by atoms with Crippen molar-refractivity contribution in [2.45, 2.75) is 13.8 Å². The first kappa shape index (κ1) is 18.0. The predicted octanol–water partition coefficient (Wildman–Crippen LogP) is 4.69. The average molecular weight is 371 g/mol. The van der Waals surface area contributed by atoms with Crippen molar-refractivity contribution in [2.24, 2.45) is 5.92 Å². The SMILES string of the molecule is COc1cc(-c2ccc3ncc(C(=O)C(C)C)c(N)c3c2)cc(Cl)c1O. The van der Waals surface area contributed by atoms with Crippen molar-refractivity contribution in [3.63, 3.8) is 0 Å². The Balaban J connectivity index is 2.19. The molecule has 0 unspecified atom stereocenters. The van der Waals surface area contributed by atoms with E-state index < -0.39 is 0 Å². The van der Waals surface area contributed by atoms with Crippen LogP contribution in [-0.2, 0) is 0 Å². The number of phenols is 1. The summed E-state index contributed by atoms with van der Waals surface area (Å²) in [5.41, 5.74) is 9.37. The standard InChI is InChI=1S/C20H19ClN2O3/c1-10(2)19(24)14-9-23-16-5-4-11(6-13(16)18(14)22)12-7-15(21)20(25)17(8-12)26-3/h4-10,25H,1-3H3,(H2,22,23). The summed E-state index contributed by atoms with van der Waals surface area (Å²) in [5.74, 6) is -0.0383. The second-order valence-corrected chi connectivity index (χ2v) is 6.75. The summed E-state index contributed by atoms with van der Waals surface area (Å²) in [7, 11) is 1.46. The number of fused-ring (bicyclic) bond motifs is 1. The van der Waals surface area contributed by atoms with Crippen LogP contribution in [0.5, 0.6) is 11.5 Å². The number of aromatic nitrogens is 1. The third kappa shape index (κ3) is 3.06. The number of aromatic hydroxyl groups is 1. The van der Waals surface area contributed by atoms with E-state index in [-0.39, 0.29) is 28.2 Å². The summed E-state index contributed by atoms with van der Waals surface area (Å²) < 4.78 is 5.16. The first-order valence-electron chi connectivity index (χ1n) is 8.12. The van der Waals surface area contributed by atoms with Crippen LogP contribution in [0.15, 0.2) is 36.5 Å². The van der Waals surface area contributed by atoms with Crippen molar-refractivity contribution in [1.82, 2.24) is 4.98 Å². The zero-order chi connectivity index (χ0) is 19.0. The molecular formula is C20H19ClN2O3. The minimum absolute atomic E-state index is 0.0448. The molecule has 0 bridgehead atoms. The van der Waals surface area contributed by atoms with E-state index in [0.29, 0.717) is 22.2 Å². The first-order valence-corrected chi connectivity index (χ1v) is 8.50. The van der Waals surface area contributed by atoms with E-state index in [2.05, 4.69) is 4.98 Å². The highest BCUT2D eigenvalue weighted by atomic mass is 35.5. The Kier molecular flexibility index (Phi) is 4.74. The van der Waals surface area contributed by atoms with Gasteiger partial charge in [0, 0.05) is 17.5 Å². The smallest absolute Gasteiger partial charge is 0.176 e. The number of hydrogen-bond acceptors (Lipinski definition) is 5. The number of nitrogens with zero attached hydrogens (tertiary/aromatic N) is 1. The van der Waals surface area contributed by atoms with Gasteiger partial charge in [-0.3, -0.25) is 9.78 Å². The number of ether oxygens (including phenoxy) is 1. The molecule has 5 nitrogen and oxygen atoms in total. The number of Topliss-reactive ketones (excluding diaryl/α,β-unsaturated/α-hetero) is 1. The van der Waals surface area contributed by atoms with Crippen LogP contribution >= 0.6 is 11.6 Å². The minimum atomic E-state index is -0.167. The number of hydrogen-bond donors (Lipinski definition) is 2. The molecule has 0 atom stereocenters. The van der Waals surface area contributed by atoms with Crippen LogP contribution in [0.2, 0.25) is 5.02 Å². The molecule has 1 heterocycles. The average Bonchev–Trinajstić information content (AvgIpc) is 2.63. The Hall–Kier alpha value is -2.79. The van der Waals surface area contributed by atoms with E-state index in [4.69, 9.17) is 22.1 Å². The number of pyridine rings is 1. The quantitative estimate of drug-likeness (QED) is 0.650. The summed E-state index contributed by atoms with van der Waals surface area (Å²) in [6.45, 7) is 3.65. The van der Waals surface area contributed by atoms with Crippen molar-refractivity contribution in [2.75, 3.05) is 12.8 Å². The van der Waals surface area contributed by atoms with Gasteiger partial charge in [0.05, 0.1) is 28.9 Å². The van der Waals surface area contributed by atoms with Crippen LogP contribution in [0.25, 0.3) is 22.0 Å². The summed E-state index contributed by atoms with van der Waals surface area (Å²) in [4.78, 5) is 16.7. The van der Waals surface area contributed by atoms with Crippen LogP contribution in [0.3, 0.4) is 0 Å². The van der Waals surface area contributed by atoms with Crippen molar-refractivity contribution in [1.29, 1.82) is 0 Å². The van der Waals surface area contributed by atoms with Gasteiger partial charge in [-0.25, -0.2) is 0 Å². The van der Waals surface area contributed by atoms with Crippen molar-refractivity contribution >= 4 is 34.0 Å². The lowest BCUT2D eigenvalue weighted by Crippen LogP contribution is -2.11. The summed E-state index contributed by atoms with van der Waals surface area (Å²) >= 11 is 6.09. The lowest BCUT2D eigenvalue weighted by atomic mass is 9.97. The lowest BCUT2D eigenvalue weighted by molar-refractivity contribution is 0.0940. The maximum atomic E-state index is 12.3. The predicted molar refractivity (Wildman–Crippen MR) is 104 cm³/mol. The zero-order valence-electron chi connectivity index (χ0n) is 14.7. The van der Waals surface area contributed by atoms with E-state index >= 15 is 0 Å². The molecule has 1 aromatic heterocycles. The maximum absolute atomic E-state index is 12.3. The van der Waals surface area contributed by atoms with Gasteiger partial charge in [-0.05, 0) is 35.4 Å². The molecule has 6 heteroatoms. The normalized spacial score (nSPS) is 11.1. The number of rotatable bonds is 4. The Morgan fingerprint density at radius 2 is 1.96 bits per heavy atom. The third-order valence-corrected chi connectivity index (χ3v) is 4.57. The van der Waals surface area contributed by atoms with Gasteiger partial charge < -0.3 is 15.6 Å². The van der Waals surface area contributed by atoms with Gasteiger partial charge in [-0.15, -0.1) is 0 Å².